The van der Waals surface area contributed by atoms with Crippen LogP contribution in [0.25, 0.3) is 26.6 Å². The van der Waals surface area contributed by atoms with Crippen LogP contribution in [0.3, 0.4) is 0 Å². The maximum atomic E-state index is 10.4. The first-order valence-corrected chi connectivity index (χ1v) is 11.3. The highest BCUT2D eigenvalue weighted by molar-refractivity contribution is 7.20. The Bertz CT molecular complexity index is 1230. The Morgan fingerprint density at radius 3 is 2.90 bits per heavy atom. The van der Waals surface area contributed by atoms with E-state index in [1.807, 2.05) is 42.6 Å². The fraction of sp³-hybridized carbons (Fsp3) is 0.250. The molecule has 2 unspecified atom stereocenters. The van der Waals surface area contributed by atoms with Crippen molar-refractivity contribution >= 4 is 49.5 Å². The second-order valence-corrected chi connectivity index (χ2v) is 9.23. The highest BCUT2D eigenvalue weighted by Crippen LogP contribution is 2.35. The Morgan fingerprint density at radius 1 is 1.20 bits per heavy atom. The van der Waals surface area contributed by atoms with Crippen LogP contribution in [-0.2, 0) is 0 Å². The average molecular weight is 439 g/mol. The van der Waals surface area contributed by atoms with Crippen LogP contribution in [0.2, 0.25) is 5.02 Å². The summed E-state index contributed by atoms with van der Waals surface area (Å²) < 4.78 is 7.52. The fourth-order valence-corrected chi connectivity index (χ4v) is 5.48. The van der Waals surface area contributed by atoms with E-state index in [2.05, 4.69) is 28.1 Å². The van der Waals surface area contributed by atoms with Gasteiger partial charge in [0.05, 0.1) is 0 Å². The van der Waals surface area contributed by atoms with Crippen molar-refractivity contribution < 1.29 is 9.84 Å². The van der Waals surface area contributed by atoms with Crippen molar-refractivity contribution in [2.75, 3.05) is 13.1 Å². The fourth-order valence-electron chi connectivity index (χ4n) is 4.07. The maximum absolute atomic E-state index is 10.4. The normalized spacial score (nSPS) is 17.2. The van der Waals surface area contributed by atoms with Crippen LogP contribution in [0.4, 0.5) is 0 Å². The number of rotatable bonds is 5. The van der Waals surface area contributed by atoms with Crippen molar-refractivity contribution in [1.29, 1.82) is 0 Å². The molecule has 0 radical (unpaired) electrons. The molecule has 0 saturated heterocycles. The molecule has 1 aliphatic rings. The maximum Gasteiger partial charge on any atom is 0.178 e. The number of ether oxygens (including phenoxy) is 1. The molecule has 3 heterocycles. The molecule has 2 aromatic heterocycles. The molecular weight excluding hydrogens is 416 g/mol. The lowest BCUT2D eigenvalue weighted by Crippen LogP contribution is -2.48. The van der Waals surface area contributed by atoms with Gasteiger partial charge in [-0.15, -0.1) is 11.3 Å². The van der Waals surface area contributed by atoms with Crippen LogP contribution in [0.1, 0.15) is 18.2 Å². The van der Waals surface area contributed by atoms with Crippen LogP contribution in [0, 0.1) is 0 Å². The van der Waals surface area contributed by atoms with Gasteiger partial charge in [0.1, 0.15) is 11.9 Å². The number of aliphatic hydroxyl groups excluding tert-OH is 1. The zero-order chi connectivity index (χ0) is 20.7. The van der Waals surface area contributed by atoms with Crippen LogP contribution >= 0.6 is 22.9 Å². The van der Waals surface area contributed by atoms with Gasteiger partial charge in [-0.25, -0.2) is 0 Å². The second kappa shape index (κ2) is 8.08. The third-order valence-corrected chi connectivity index (χ3v) is 7.02. The number of thiophene rings is 1. The number of H-pyrrole nitrogens is 1. The highest BCUT2D eigenvalue weighted by Gasteiger charge is 2.27. The van der Waals surface area contributed by atoms with Crippen molar-refractivity contribution in [2.45, 2.75) is 25.7 Å². The van der Waals surface area contributed by atoms with E-state index in [-0.39, 0.29) is 0 Å². The number of halogens is 1. The molecular formula is C24H23ClN2O2S. The van der Waals surface area contributed by atoms with Crippen LogP contribution in [-0.4, -0.2) is 40.4 Å². The molecule has 2 N–H and O–H groups in total. The number of fused-ring (bicyclic) bond motifs is 2. The summed E-state index contributed by atoms with van der Waals surface area (Å²) in [5.74, 6) is 0.788. The van der Waals surface area contributed by atoms with E-state index < -0.39 is 12.3 Å². The number of aromatic nitrogens is 1. The molecule has 1 aliphatic heterocycles. The minimum Gasteiger partial charge on any atom is -0.472 e. The Kier molecular flexibility index (Phi) is 5.29. The van der Waals surface area contributed by atoms with Gasteiger partial charge in [0.2, 0.25) is 0 Å². The van der Waals surface area contributed by atoms with E-state index in [0.717, 1.165) is 41.2 Å². The number of benzene rings is 2. The van der Waals surface area contributed by atoms with Gasteiger partial charge in [0.25, 0.3) is 0 Å². The topological polar surface area (TPSA) is 48.5 Å². The molecule has 0 aliphatic carbocycles. The number of aromatic amines is 1. The summed E-state index contributed by atoms with van der Waals surface area (Å²) in [6, 6.07) is 16.2. The lowest BCUT2D eigenvalue weighted by atomic mass is 10.1. The molecule has 2 atom stereocenters. The Balaban J connectivity index is 1.36. The third kappa shape index (κ3) is 3.74. The summed E-state index contributed by atoms with van der Waals surface area (Å²) in [5, 5.41) is 13.5. The van der Waals surface area contributed by atoms with E-state index in [9.17, 15) is 5.11 Å². The summed E-state index contributed by atoms with van der Waals surface area (Å²) in [6.45, 7) is 3.36. The SMILES string of the molecule is CC(O)C(Oc1cccc2[nH]ccc12)N1CC=C(c2cc3ccc(Cl)cc3s2)CC1. The molecule has 30 heavy (non-hydrogen) atoms. The predicted molar refractivity (Wildman–Crippen MR) is 125 cm³/mol. The lowest BCUT2D eigenvalue weighted by Gasteiger charge is -2.35. The van der Waals surface area contributed by atoms with Gasteiger partial charge in [-0.2, -0.15) is 0 Å². The number of aliphatic hydroxyl groups is 1. The molecule has 0 spiro atoms. The van der Waals surface area contributed by atoms with Crippen LogP contribution < -0.4 is 4.74 Å². The second-order valence-electron chi connectivity index (χ2n) is 7.71. The molecule has 6 heteroatoms. The van der Waals surface area contributed by atoms with E-state index in [1.54, 1.807) is 18.3 Å². The molecule has 154 valence electrons. The first kappa shape index (κ1) is 19.6. The molecule has 5 rings (SSSR count). The van der Waals surface area contributed by atoms with Gasteiger partial charge in [0, 0.05) is 44.8 Å². The largest absolute Gasteiger partial charge is 0.472 e. The summed E-state index contributed by atoms with van der Waals surface area (Å²) in [4.78, 5) is 6.70. The monoisotopic (exact) mass is 438 g/mol. The smallest absolute Gasteiger partial charge is 0.178 e. The van der Waals surface area contributed by atoms with Gasteiger partial charge in [-0.1, -0.05) is 29.8 Å². The molecule has 4 aromatic rings. The van der Waals surface area contributed by atoms with Crippen LogP contribution in [0.5, 0.6) is 5.75 Å². The third-order valence-electron chi connectivity index (χ3n) is 5.61. The summed E-state index contributed by atoms with van der Waals surface area (Å²) >= 11 is 7.92. The predicted octanol–water partition coefficient (Wildman–Crippen LogP) is 5.91. The first-order valence-electron chi connectivity index (χ1n) is 10.1. The molecule has 0 bridgehead atoms. The van der Waals surface area contributed by atoms with Gasteiger partial charge in [-0.05, 0) is 60.7 Å². The van der Waals surface area contributed by atoms with Gasteiger partial charge in [0.15, 0.2) is 6.23 Å². The molecule has 0 amide bonds. The zero-order valence-electron chi connectivity index (χ0n) is 16.6. The number of nitrogens with zero attached hydrogens (tertiary/aromatic N) is 1. The summed E-state index contributed by atoms with van der Waals surface area (Å²) in [6.07, 6.45) is 4.07. The van der Waals surface area contributed by atoms with Crippen molar-refractivity contribution in [3.05, 3.63) is 70.7 Å². The van der Waals surface area contributed by atoms with Gasteiger partial charge >= 0.3 is 0 Å². The Labute approximate surface area is 184 Å². The summed E-state index contributed by atoms with van der Waals surface area (Å²) in [7, 11) is 0. The first-order chi connectivity index (χ1) is 14.6. The standard InChI is InChI=1S/C24H23ClN2O2S/c1-15(28)24(29-21-4-2-3-20-19(21)7-10-26-20)27-11-8-16(9-12-27)22-13-17-5-6-18(25)14-23(17)30-22/h2-8,10,13-15,24,26,28H,9,11-12H2,1H3. The van der Waals surface area contributed by atoms with E-state index >= 15 is 0 Å². The van der Waals surface area contributed by atoms with Crippen LogP contribution in [0.15, 0.2) is 60.8 Å². The van der Waals surface area contributed by atoms with Crippen molar-refractivity contribution in [3.63, 3.8) is 0 Å². The minimum absolute atomic E-state index is 0.399. The average Bonchev–Trinajstić information content (AvgIpc) is 3.39. The van der Waals surface area contributed by atoms with Crippen molar-refractivity contribution in [2.24, 2.45) is 0 Å². The number of hydrogen-bond acceptors (Lipinski definition) is 4. The molecule has 2 aromatic carbocycles. The van der Waals surface area contributed by atoms with E-state index in [1.165, 1.54) is 20.5 Å². The van der Waals surface area contributed by atoms with Crippen molar-refractivity contribution in [1.82, 2.24) is 9.88 Å². The highest BCUT2D eigenvalue weighted by atomic mass is 35.5. The van der Waals surface area contributed by atoms with Gasteiger partial charge < -0.3 is 14.8 Å². The Morgan fingerprint density at radius 2 is 2.10 bits per heavy atom. The van der Waals surface area contributed by atoms with E-state index in [4.69, 9.17) is 16.3 Å². The van der Waals surface area contributed by atoms with Gasteiger partial charge in [-0.3, -0.25) is 4.90 Å². The minimum atomic E-state index is -0.611. The number of hydrogen-bond donors (Lipinski definition) is 2. The quantitative estimate of drug-likeness (QED) is 0.407. The number of nitrogens with one attached hydrogen (secondary N) is 1. The van der Waals surface area contributed by atoms with E-state index in [0.29, 0.717) is 0 Å². The summed E-state index contributed by atoms with van der Waals surface area (Å²) in [5.41, 5.74) is 2.38. The zero-order valence-corrected chi connectivity index (χ0v) is 18.2. The Hall–Kier alpha value is -2.31. The lowest BCUT2D eigenvalue weighted by molar-refractivity contribution is -0.0528. The molecule has 0 fully saturated rings. The molecule has 0 saturated carbocycles. The molecule has 4 nitrogen and oxygen atoms in total. The van der Waals surface area contributed by atoms with Crippen molar-refractivity contribution in [3.8, 4) is 5.75 Å².